The molecule has 1 aliphatic heterocycles. The Balaban J connectivity index is 1.86. The maximum Gasteiger partial charge on any atom is 0.417 e. The van der Waals surface area contributed by atoms with E-state index in [2.05, 4.69) is 20.0 Å². The number of carbonyl (C=O) groups is 1. The Bertz CT molecular complexity index is 1410. The summed E-state index contributed by atoms with van der Waals surface area (Å²) < 4.78 is 40.1. The largest absolute Gasteiger partial charge is 0.462 e. The van der Waals surface area contributed by atoms with Crippen LogP contribution < -0.4 is 16.4 Å². The Morgan fingerprint density at radius 3 is 2.55 bits per heavy atom. The number of nitrogens with one attached hydrogen (secondary N) is 3. The molecule has 10 nitrogen and oxygen atoms in total. The van der Waals surface area contributed by atoms with Crippen molar-refractivity contribution in [3.63, 3.8) is 0 Å². The Labute approximate surface area is 176 Å². The molecule has 0 amide bonds. The Morgan fingerprint density at radius 2 is 1.84 bits per heavy atom. The summed E-state index contributed by atoms with van der Waals surface area (Å²) in [5.74, 6) is -1.62. The number of aromatic nitrogens is 1. The van der Waals surface area contributed by atoms with E-state index in [0.29, 0.717) is 22.6 Å². The summed E-state index contributed by atoms with van der Waals surface area (Å²) in [5, 5.41) is 6.00. The fourth-order valence-electron chi connectivity index (χ4n) is 3.11. The van der Waals surface area contributed by atoms with Gasteiger partial charge < -0.3 is 19.8 Å². The van der Waals surface area contributed by atoms with Crippen LogP contribution in [0.3, 0.4) is 0 Å². The number of hydrogen-bond acceptors (Lipinski definition) is 7. The van der Waals surface area contributed by atoms with Crippen molar-refractivity contribution in [2.45, 2.75) is 18.7 Å². The molecule has 1 aromatic heterocycles. The van der Waals surface area contributed by atoms with Crippen LogP contribution in [0.2, 0.25) is 0 Å². The normalized spacial score (nSPS) is 15.2. The van der Waals surface area contributed by atoms with Gasteiger partial charge in [-0.3, -0.25) is 4.98 Å². The second-order valence-corrected chi connectivity index (χ2v) is 8.21. The number of oxazole rings is 1. The molecule has 2 heterocycles. The van der Waals surface area contributed by atoms with E-state index in [4.69, 9.17) is 9.15 Å². The number of anilines is 2. The summed E-state index contributed by atoms with van der Waals surface area (Å²) in [4.78, 5) is 26.2. The molecule has 3 N–H and O–H groups in total. The first-order valence-corrected chi connectivity index (χ1v) is 10.7. The summed E-state index contributed by atoms with van der Waals surface area (Å²) in [6.07, 6.45) is 0. The number of amidine groups is 1. The molecule has 0 fully saturated rings. The van der Waals surface area contributed by atoms with Crippen LogP contribution in [-0.4, -0.2) is 31.8 Å². The number of aromatic amines is 1. The summed E-state index contributed by atoms with van der Waals surface area (Å²) in [6, 6.07) is 10.9. The number of nitrogens with zero attached hydrogens (tertiary/aromatic N) is 1. The highest BCUT2D eigenvalue weighted by Gasteiger charge is 2.28. The molecule has 1 aliphatic rings. The number of hydrogen-bond donors (Lipinski definition) is 3. The first-order chi connectivity index (χ1) is 14.8. The maximum atomic E-state index is 13.1. The van der Waals surface area contributed by atoms with Gasteiger partial charge in [0, 0.05) is 11.8 Å². The smallest absolute Gasteiger partial charge is 0.417 e. The molecule has 31 heavy (non-hydrogen) atoms. The van der Waals surface area contributed by atoms with Gasteiger partial charge in [-0.1, -0.05) is 12.1 Å². The third kappa shape index (κ3) is 3.94. The minimum Gasteiger partial charge on any atom is -0.462 e. The predicted molar refractivity (Wildman–Crippen MR) is 114 cm³/mol. The molecular formula is C20H18N4O6S. The second kappa shape index (κ2) is 7.76. The van der Waals surface area contributed by atoms with Gasteiger partial charge in [-0.05, 0) is 38.1 Å². The zero-order valence-corrected chi connectivity index (χ0v) is 17.4. The van der Waals surface area contributed by atoms with Crippen LogP contribution in [0, 0.1) is 0 Å². The standard InChI is InChI=1S/C20H18N4O6S/c1-3-29-19(25)17-11(2)21-13-6-4-5-7-14(13)22-18(17)24-31(27,28)12-8-9-15-16(10-12)30-20(26)23-15/h4-10,21H,3H2,1-2H3,(H,22,24)(H,23,26). The van der Waals surface area contributed by atoms with E-state index in [1.54, 1.807) is 38.1 Å². The number of fused-ring (bicyclic) bond motifs is 2. The van der Waals surface area contributed by atoms with Crippen LogP contribution >= 0.6 is 0 Å². The molecule has 3 aromatic rings. The molecule has 0 unspecified atom stereocenters. The Morgan fingerprint density at radius 1 is 1.13 bits per heavy atom. The fraction of sp³-hybridized carbons (Fsp3) is 0.150. The van der Waals surface area contributed by atoms with Crippen molar-refractivity contribution in [2.24, 2.45) is 4.40 Å². The van der Waals surface area contributed by atoms with E-state index >= 15 is 0 Å². The highest BCUT2D eigenvalue weighted by atomic mass is 32.2. The van der Waals surface area contributed by atoms with E-state index in [0.717, 1.165) is 0 Å². The number of para-hydroxylation sites is 2. The molecular weight excluding hydrogens is 424 g/mol. The first kappa shape index (κ1) is 20.4. The highest BCUT2D eigenvalue weighted by molar-refractivity contribution is 7.90. The van der Waals surface area contributed by atoms with Crippen LogP contribution in [-0.2, 0) is 19.6 Å². The van der Waals surface area contributed by atoms with Crippen molar-refractivity contribution in [1.29, 1.82) is 0 Å². The summed E-state index contributed by atoms with van der Waals surface area (Å²) in [6.45, 7) is 3.37. The van der Waals surface area contributed by atoms with Crippen molar-refractivity contribution in [1.82, 2.24) is 4.98 Å². The maximum absolute atomic E-state index is 13.1. The molecule has 2 aromatic carbocycles. The van der Waals surface area contributed by atoms with E-state index in [-0.39, 0.29) is 28.5 Å². The average molecular weight is 442 g/mol. The van der Waals surface area contributed by atoms with E-state index in [1.165, 1.54) is 18.2 Å². The number of esters is 1. The Kier molecular flexibility index (Phi) is 5.11. The molecule has 11 heteroatoms. The van der Waals surface area contributed by atoms with E-state index in [1.807, 2.05) is 0 Å². The van der Waals surface area contributed by atoms with Gasteiger partial charge in [-0.25, -0.2) is 9.59 Å². The number of benzene rings is 2. The van der Waals surface area contributed by atoms with Gasteiger partial charge in [0.25, 0.3) is 10.0 Å². The zero-order valence-electron chi connectivity index (χ0n) is 16.6. The van der Waals surface area contributed by atoms with Gasteiger partial charge in [0.1, 0.15) is 5.57 Å². The molecule has 160 valence electrons. The van der Waals surface area contributed by atoms with Crippen LogP contribution in [0.1, 0.15) is 13.8 Å². The van der Waals surface area contributed by atoms with Crippen LogP contribution in [0.25, 0.3) is 11.1 Å². The molecule has 0 bridgehead atoms. The third-order valence-electron chi connectivity index (χ3n) is 4.50. The topological polar surface area (TPSA) is 143 Å². The number of ether oxygens (including phenoxy) is 1. The minimum absolute atomic E-state index is 0.0455. The van der Waals surface area contributed by atoms with E-state index in [9.17, 15) is 18.0 Å². The molecule has 0 aliphatic carbocycles. The molecule has 0 atom stereocenters. The fourth-order valence-corrected chi connectivity index (χ4v) is 4.09. The van der Waals surface area contributed by atoms with Gasteiger partial charge in [-0.2, -0.15) is 8.42 Å². The summed E-state index contributed by atoms with van der Waals surface area (Å²) >= 11 is 0. The zero-order chi connectivity index (χ0) is 22.2. The first-order valence-electron chi connectivity index (χ1n) is 9.28. The predicted octanol–water partition coefficient (Wildman–Crippen LogP) is 2.58. The number of allylic oxidation sites excluding steroid dienone is 1. The number of carbonyl (C=O) groups excluding carboxylic acids is 1. The highest BCUT2D eigenvalue weighted by Crippen LogP contribution is 2.29. The Hall–Kier alpha value is -3.86. The van der Waals surface area contributed by atoms with Crippen molar-refractivity contribution in [3.05, 3.63) is 64.3 Å². The lowest BCUT2D eigenvalue weighted by atomic mass is 10.2. The lowest BCUT2D eigenvalue weighted by Crippen LogP contribution is -2.25. The quantitative estimate of drug-likeness (QED) is 0.523. The van der Waals surface area contributed by atoms with Gasteiger partial charge >= 0.3 is 11.7 Å². The van der Waals surface area contributed by atoms with Crippen molar-refractivity contribution >= 4 is 44.3 Å². The average Bonchev–Trinajstić information content (AvgIpc) is 3.01. The van der Waals surface area contributed by atoms with Crippen LogP contribution in [0.15, 0.2) is 72.2 Å². The van der Waals surface area contributed by atoms with Gasteiger partial charge in [-0.15, -0.1) is 4.40 Å². The molecule has 0 saturated carbocycles. The SMILES string of the molecule is CCOC(=O)C1=C(C)Nc2ccccc2N/C1=N/S(=O)(=O)c1ccc2[nH]c(=O)oc2c1. The van der Waals surface area contributed by atoms with Crippen molar-refractivity contribution in [2.75, 3.05) is 17.2 Å². The van der Waals surface area contributed by atoms with Gasteiger partial charge in [0.2, 0.25) is 0 Å². The lowest BCUT2D eigenvalue weighted by molar-refractivity contribution is -0.137. The molecule has 0 spiro atoms. The molecule has 0 radical (unpaired) electrons. The number of H-pyrrole nitrogens is 1. The molecule has 4 rings (SSSR count). The van der Waals surface area contributed by atoms with Crippen molar-refractivity contribution < 1.29 is 22.4 Å². The van der Waals surface area contributed by atoms with E-state index < -0.39 is 21.7 Å². The second-order valence-electron chi connectivity index (χ2n) is 6.60. The van der Waals surface area contributed by atoms with Crippen LogP contribution in [0.4, 0.5) is 11.4 Å². The number of rotatable bonds is 4. The third-order valence-corrected chi connectivity index (χ3v) is 5.77. The van der Waals surface area contributed by atoms with Gasteiger partial charge in [0.05, 0.1) is 28.4 Å². The lowest BCUT2D eigenvalue weighted by Gasteiger charge is -2.12. The minimum atomic E-state index is -4.29. The van der Waals surface area contributed by atoms with Crippen molar-refractivity contribution in [3.8, 4) is 0 Å². The van der Waals surface area contributed by atoms with Gasteiger partial charge in [0.15, 0.2) is 11.4 Å². The summed E-state index contributed by atoms with van der Waals surface area (Å²) in [7, 11) is -4.29. The monoisotopic (exact) mass is 442 g/mol. The van der Waals surface area contributed by atoms with Crippen LogP contribution in [0.5, 0.6) is 0 Å². The molecule has 0 saturated heterocycles. The summed E-state index contributed by atoms with van der Waals surface area (Å²) in [5.41, 5.74) is 1.92. The number of sulfonamides is 1.